The number of carbonyl (C=O) groups is 1. The lowest BCUT2D eigenvalue weighted by atomic mass is 10.3. The molecule has 156 valence electrons. The third-order valence-corrected chi connectivity index (χ3v) is 4.66. The molecule has 0 saturated carbocycles. The molecule has 0 aliphatic rings. The summed E-state index contributed by atoms with van der Waals surface area (Å²) in [6.45, 7) is 0. The molecule has 1 aromatic heterocycles. The van der Waals surface area contributed by atoms with E-state index in [1.807, 2.05) is 0 Å². The molecule has 3 aromatic rings. The van der Waals surface area contributed by atoms with E-state index in [4.69, 9.17) is 9.11 Å². The molecule has 1 heterocycles. The van der Waals surface area contributed by atoms with Gasteiger partial charge in [-0.15, -0.1) is 5.11 Å². The molecule has 0 aliphatic carbocycles. The molecule has 0 fully saturated rings. The molecule has 14 heteroatoms. The molecule has 0 aliphatic heterocycles. The van der Waals surface area contributed by atoms with E-state index >= 15 is 0 Å². The number of nitrogens with zero attached hydrogens (tertiary/aromatic N) is 3. The smallest absolute Gasteiger partial charge is 0.357 e. The number of carboxylic acid groups (broad SMARTS) is 1. The van der Waals surface area contributed by atoms with E-state index in [-0.39, 0.29) is 22.0 Å². The maximum absolute atomic E-state index is 12.6. The molecule has 30 heavy (non-hydrogen) atoms. The van der Waals surface area contributed by atoms with Crippen LogP contribution in [0, 0.1) is 0 Å². The lowest BCUT2D eigenvalue weighted by Gasteiger charge is -2.01. The van der Waals surface area contributed by atoms with E-state index in [9.17, 15) is 23.1 Å². The molecule has 12 nitrogen and oxygen atoms in total. The zero-order valence-corrected chi connectivity index (χ0v) is 16.3. The summed E-state index contributed by atoms with van der Waals surface area (Å²) in [4.78, 5) is 24.2. The molecule has 0 amide bonds. The van der Waals surface area contributed by atoms with Crippen LogP contribution in [0.5, 0.6) is 5.75 Å². The summed E-state index contributed by atoms with van der Waals surface area (Å²) in [5.74, 6) is -1.35. The number of hydrogen-bond acceptors (Lipinski definition) is 7. The first-order valence-corrected chi connectivity index (χ1v) is 10.0. The highest BCUT2D eigenvalue weighted by Crippen LogP contribution is 2.22. The van der Waals surface area contributed by atoms with Crippen LogP contribution < -0.4 is 9.74 Å². The van der Waals surface area contributed by atoms with Crippen LogP contribution in [0.1, 0.15) is 10.5 Å². The van der Waals surface area contributed by atoms with Crippen molar-refractivity contribution in [1.29, 1.82) is 0 Å². The highest BCUT2D eigenvalue weighted by Gasteiger charge is 2.20. The molecular weight excluding hydrogens is 440 g/mol. The number of H-pyrrole nitrogens is 1. The number of aromatic nitrogens is 2. The minimum Gasteiger partial charge on any atom is -0.476 e. The summed E-state index contributed by atoms with van der Waals surface area (Å²) >= 11 is -4.69. The van der Waals surface area contributed by atoms with Gasteiger partial charge in [0, 0.05) is 0 Å². The van der Waals surface area contributed by atoms with E-state index in [1.54, 1.807) is 0 Å². The third-order valence-electron chi connectivity index (χ3n) is 3.65. The minimum atomic E-state index is -2.49. The number of nitrogens with one attached hydrogen (secondary N) is 1. The van der Waals surface area contributed by atoms with Gasteiger partial charge in [0.25, 0.3) is 5.56 Å². The van der Waals surface area contributed by atoms with Crippen LogP contribution in [0.25, 0.3) is 5.69 Å². The fourth-order valence-electron chi connectivity index (χ4n) is 2.32. The Labute approximate surface area is 172 Å². The number of benzene rings is 2. The van der Waals surface area contributed by atoms with Crippen molar-refractivity contribution in [2.75, 3.05) is 0 Å². The average molecular weight is 452 g/mol. The number of carboxylic acids is 1. The molecule has 3 rings (SSSR count). The van der Waals surface area contributed by atoms with Crippen molar-refractivity contribution < 1.29 is 31.6 Å². The summed E-state index contributed by atoms with van der Waals surface area (Å²) < 4.78 is 44.8. The maximum Gasteiger partial charge on any atom is 0.357 e. The molecular formula is C16H12N4O8S2. The van der Waals surface area contributed by atoms with Crippen molar-refractivity contribution in [3.05, 3.63) is 64.6 Å². The van der Waals surface area contributed by atoms with Gasteiger partial charge in [-0.05, 0) is 48.5 Å². The van der Waals surface area contributed by atoms with Crippen LogP contribution in [0.3, 0.4) is 0 Å². The molecule has 4 N–H and O–H groups in total. The molecule has 2 atom stereocenters. The van der Waals surface area contributed by atoms with Crippen molar-refractivity contribution >= 4 is 39.8 Å². The van der Waals surface area contributed by atoms with Crippen LogP contribution in [-0.2, 0) is 22.4 Å². The molecule has 0 spiro atoms. The third kappa shape index (κ3) is 4.74. The highest BCUT2D eigenvalue weighted by atomic mass is 32.2. The Morgan fingerprint density at radius 1 is 1.00 bits per heavy atom. The second kappa shape index (κ2) is 8.91. The summed E-state index contributed by atoms with van der Waals surface area (Å²) in [7, 11) is 0. The van der Waals surface area contributed by atoms with Gasteiger partial charge in [0.05, 0.1) is 16.3 Å². The Morgan fingerprint density at radius 2 is 1.63 bits per heavy atom. The van der Waals surface area contributed by atoms with Crippen molar-refractivity contribution in [2.24, 2.45) is 10.2 Å². The predicted octanol–water partition coefficient (Wildman–Crippen LogP) is 2.38. The van der Waals surface area contributed by atoms with Crippen LogP contribution in [0.4, 0.5) is 11.4 Å². The van der Waals surface area contributed by atoms with Gasteiger partial charge in [0.15, 0.2) is 22.5 Å². The lowest BCUT2D eigenvalue weighted by molar-refractivity contribution is 0.0690. The summed E-state index contributed by atoms with van der Waals surface area (Å²) in [5, 5.41) is 19.3. The molecule has 0 bridgehead atoms. The SMILES string of the molecule is O=C(O)c1[nH]n(-c2ccc(S(=O)O)cc2)c(=O)c1N=Nc1ccc(OS(=O)O)cc1. The number of aromatic carboxylic acids is 1. The van der Waals surface area contributed by atoms with Gasteiger partial charge in [-0.3, -0.25) is 14.4 Å². The second-order valence-corrected chi connectivity index (χ2v) is 7.09. The van der Waals surface area contributed by atoms with Gasteiger partial charge in [-0.1, -0.05) is 0 Å². The van der Waals surface area contributed by atoms with E-state index in [0.29, 0.717) is 0 Å². The Hall–Kier alpha value is -3.46. The van der Waals surface area contributed by atoms with Crippen LogP contribution in [0.15, 0.2) is 68.4 Å². The van der Waals surface area contributed by atoms with E-state index in [2.05, 4.69) is 19.5 Å². The normalized spacial score (nSPS) is 13.3. The first-order valence-electron chi connectivity index (χ1n) is 7.87. The number of azo groups is 1. The van der Waals surface area contributed by atoms with E-state index in [0.717, 1.165) is 4.68 Å². The fourth-order valence-corrected chi connectivity index (χ4v) is 2.97. The van der Waals surface area contributed by atoms with Crippen molar-refractivity contribution in [3.63, 3.8) is 0 Å². The lowest BCUT2D eigenvalue weighted by Crippen LogP contribution is -2.14. The first-order chi connectivity index (χ1) is 14.3. The molecule has 0 radical (unpaired) electrons. The largest absolute Gasteiger partial charge is 0.476 e. The average Bonchev–Trinajstić information content (AvgIpc) is 3.04. The number of aromatic amines is 1. The Balaban J connectivity index is 1.95. The zero-order valence-electron chi connectivity index (χ0n) is 14.7. The second-order valence-electron chi connectivity index (χ2n) is 5.52. The fraction of sp³-hybridized carbons (Fsp3) is 0. The standard InChI is InChI=1S/C16H12N4O8S2/c21-15-13(18-17-9-1-5-11(6-2-9)28-30(26)27)14(16(22)23)19-20(15)10-3-7-12(8-4-10)29(24)25/h1-8,19H,(H,22,23)(H,24,25)(H,26,27). The predicted molar refractivity (Wildman–Crippen MR) is 104 cm³/mol. The Bertz CT molecular complexity index is 1220. The summed E-state index contributed by atoms with van der Waals surface area (Å²) in [6, 6.07) is 10.8. The van der Waals surface area contributed by atoms with Gasteiger partial charge in [0.2, 0.25) is 0 Å². The van der Waals surface area contributed by atoms with Gasteiger partial charge in [-0.2, -0.15) is 9.32 Å². The van der Waals surface area contributed by atoms with Crippen LogP contribution in [0.2, 0.25) is 0 Å². The zero-order chi connectivity index (χ0) is 21.8. The number of hydrogen-bond donors (Lipinski definition) is 4. The maximum atomic E-state index is 12.6. The molecule has 2 unspecified atom stereocenters. The van der Waals surface area contributed by atoms with Crippen molar-refractivity contribution in [2.45, 2.75) is 4.90 Å². The monoisotopic (exact) mass is 452 g/mol. The van der Waals surface area contributed by atoms with Gasteiger partial charge >= 0.3 is 17.3 Å². The Kier molecular flexibility index (Phi) is 6.31. The van der Waals surface area contributed by atoms with Gasteiger partial charge in [-0.25, -0.2) is 13.7 Å². The van der Waals surface area contributed by atoms with E-state index < -0.39 is 45.4 Å². The summed E-state index contributed by atoms with van der Waals surface area (Å²) in [5.41, 5.74) is -1.33. The molecule has 0 saturated heterocycles. The topological polar surface area (TPSA) is 184 Å². The van der Waals surface area contributed by atoms with Crippen LogP contribution >= 0.6 is 0 Å². The molecule has 2 aromatic carbocycles. The summed E-state index contributed by atoms with van der Waals surface area (Å²) in [6.07, 6.45) is 0. The van der Waals surface area contributed by atoms with Crippen LogP contribution in [-0.4, -0.2) is 38.4 Å². The minimum absolute atomic E-state index is 0.0947. The Morgan fingerprint density at radius 3 is 2.17 bits per heavy atom. The van der Waals surface area contributed by atoms with Gasteiger partial charge in [0.1, 0.15) is 5.75 Å². The van der Waals surface area contributed by atoms with Gasteiger partial charge < -0.3 is 13.8 Å². The van der Waals surface area contributed by atoms with E-state index in [1.165, 1.54) is 48.5 Å². The van der Waals surface area contributed by atoms with Crippen molar-refractivity contribution in [1.82, 2.24) is 9.78 Å². The van der Waals surface area contributed by atoms with Crippen molar-refractivity contribution in [3.8, 4) is 11.4 Å². The highest BCUT2D eigenvalue weighted by molar-refractivity contribution is 7.79. The number of rotatable bonds is 7. The first kappa shape index (κ1) is 21.3. The quantitative estimate of drug-likeness (QED) is 0.311.